The zero-order chi connectivity index (χ0) is 19.2. The molecule has 0 N–H and O–H groups in total. The predicted molar refractivity (Wildman–Crippen MR) is 104 cm³/mol. The highest BCUT2D eigenvalue weighted by atomic mass is 32.1. The second-order valence-electron chi connectivity index (χ2n) is 5.69. The van der Waals surface area contributed by atoms with Gasteiger partial charge in [0.25, 0.3) is 5.91 Å². The molecule has 0 saturated heterocycles. The Morgan fingerprint density at radius 2 is 1.93 bits per heavy atom. The molecule has 5 nitrogen and oxygen atoms in total. The number of ether oxygens (including phenoxy) is 2. The molecule has 0 atom stereocenters. The van der Waals surface area contributed by atoms with Crippen LogP contribution in [-0.4, -0.2) is 30.3 Å². The number of benzene rings is 2. The number of nitrogens with zero attached hydrogens (tertiary/aromatic N) is 2. The zero-order valence-electron chi connectivity index (χ0n) is 15.3. The Balaban J connectivity index is 2.09. The van der Waals surface area contributed by atoms with Crippen molar-refractivity contribution in [3.63, 3.8) is 0 Å². The maximum absolute atomic E-state index is 13.1. The Morgan fingerprint density at radius 1 is 1.15 bits per heavy atom. The van der Waals surface area contributed by atoms with Crippen LogP contribution in [0.4, 0.5) is 4.39 Å². The Hall–Kier alpha value is -2.51. The van der Waals surface area contributed by atoms with Crippen molar-refractivity contribution < 1.29 is 18.7 Å². The van der Waals surface area contributed by atoms with Crippen molar-refractivity contribution in [1.82, 2.24) is 4.57 Å². The minimum atomic E-state index is -0.412. The Morgan fingerprint density at radius 3 is 2.63 bits per heavy atom. The fourth-order valence-electron chi connectivity index (χ4n) is 2.71. The van der Waals surface area contributed by atoms with Crippen molar-refractivity contribution in [1.29, 1.82) is 0 Å². The number of thiazole rings is 1. The first-order valence-electron chi connectivity index (χ1n) is 8.81. The van der Waals surface area contributed by atoms with E-state index in [1.807, 2.05) is 36.6 Å². The Kier molecular flexibility index (Phi) is 6.36. The smallest absolute Gasteiger partial charge is 0.279 e. The molecule has 27 heavy (non-hydrogen) atoms. The zero-order valence-corrected chi connectivity index (χ0v) is 16.1. The van der Waals surface area contributed by atoms with Crippen molar-refractivity contribution in [2.24, 2.45) is 4.99 Å². The first-order valence-corrected chi connectivity index (χ1v) is 9.63. The molecule has 3 aromatic rings. The fraction of sp³-hybridized carbons (Fsp3) is 0.300. The summed E-state index contributed by atoms with van der Waals surface area (Å²) in [5, 5.41) is 0. The van der Waals surface area contributed by atoms with E-state index in [1.54, 1.807) is 0 Å². The topological polar surface area (TPSA) is 52.8 Å². The minimum absolute atomic E-state index is 0.343. The highest BCUT2D eigenvalue weighted by Crippen LogP contribution is 2.27. The number of carbonyl (C=O) groups is 1. The maximum atomic E-state index is 13.1. The summed E-state index contributed by atoms with van der Waals surface area (Å²) in [5.41, 5.74) is 1.24. The molecule has 1 aromatic heterocycles. The molecule has 142 valence electrons. The maximum Gasteiger partial charge on any atom is 0.279 e. The molecule has 0 saturated carbocycles. The summed E-state index contributed by atoms with van der Waals surface area (Å²) in [6.45, 7) is 6.07. The summed E-state index contributed by atoms with van der Waals surface area (Å²) < 4.78 is 27.3. The van der Waals surface area contributed by atoms with E-state index < -0.39 is 5.91 Å². The molecule has 0 spiro atoms. The van der Waals surface area contributed by atoms with Crippen LogP contribution in [0, 0.1) is 5.82 Å². The molecule has 1 heterocycles. The quantitative estimate of drug-likeness (QED) is 0.575. The van der Waals surface area contributed by atoms with E-state index in [4.69, 9.17) is 9.47 Å². The summed E-state index contributed by atoms with van der Waals surface area (Å²) in [6, 6.07) is 11.2. The van der Waals surface area contributed by atoms with Crippen molar-refractivity contribution in [2.75, 3.05) is 19.8 Å². The summed E-state index contributed by atoms with van der Waals surface area (Å²) in [4.78, 5) is 17.4. The van der Waals surface area contributed by atoms with E-state index in [0.717, 1.165) is 16.0 Å². The van der Waals surface area contributed by atoms with Crippen LogP contribution < -0.4 is 9.54 Å². The van der Waals surface area contributed by atoms with Gasteiger partial charge in [0.05, 0.1) is 17.9 Å². The van der Waals surface area contributed by atoms with Gasteiger partial charge in [0, 0.05) is 18.7 Å². The van der Waals surface area contributed by atoms with Gasteiger partial charge in [0.15, 0.2) is 4.80 Å². The average molecular weight is 388 g/mol. The van der Waals surface area contributed by atoms with Gasteiger partial charge in [-0.25, -0.2) is 4.39 Å². The molecular weight excluding hydrogens is 367 g/mol. The van der Waals surface area contributed by atoms with Gasteiger partial charge in [-0.15, -0.1) is 0 Å². The van der Waals surface area contributed by atoms with E-state index in [1.165, 1.54) is 35.6 Å². The van der Waals surface area contributed by atoms with Gasteiger partial charge in [-0.1, -0.05) is 17.4 Å². The third-order valence-corrected chi connectivity index (χ3v) is 4.96. The normalized spacial score (nSPS) is 11.9. The second-order valence-corrected chi connectivity index (χ2v) is 6.70. The number of hydrogen-bond acceptors (Lipinski definition) is 4. The molecule has 1 amide bonds. The Labute approximate surface area is 160 Å². The highest BCUT2D eigenvalue weighted by Gasteiger charge is 2.13. The summed E-state index contributed by atoms with van der Waals surface area (Å²) in [5.74, 6) is -0.0512. The van der Waals surface area contributed by atoms with Crippen LogP contribution in [0.2, 0.25) is 0 Å². The van der Waals surface area contributed by atoms with Crippen molar-refractivity contribution in [3.8, 4) is 5.75 Å². The van der Waals surface area contributed by atoms with Crippen molar-refractivity contribution in [2.45, 2.75) is 20.4 Å². The largest absolute Gasteiger partial charge is 0.492 e. The molecule has 0 radical (unpaired) electrons. The van der Waals surface area contributed by atoms with Gasteiger partial charge in [-0.2, -0.15) is 4.99 Å². The number of carbonyl (C=O) groups excluding carboxylic acids is 1. The third kappa shape index (κ3) is 4.43. The standard InChI is InChI=1S/C20H21FN2O3S/c1-3-25-13-12-23-18-16(26-4-2)6-5-7-17(18)27-20(23)22-19(24)14-8-10-15(21)11-9-14/h5-11H,3-4,12-13H2,1-2H3. The van der Waals surface area contributed by atoms with Gasteiger partial charge >= 0.3 is 0 Å². The van der Waals surface area contributed by atoms with E-state index in [2.05, 4.69) is 4.99 Å². The molecular formula is C20H21FN2O3S. The average Bonchev–Trinajstić information content (AvgIpc) is 3.01. The molecule has 0 aliphatic heterocycles. The molecule has 0 unspecified atom stereocenters. The monoisotopic (exact) mass is 388 g/mol. The van der Waals surface area contributed by atoms with Gasteiger partial charge < -0.3 is 14.0 Å². The van der Waals surface area contributed by atoms with Crippen LogP contribution in [0.15, 0.2) is 47.5 Å². The van der Waals surface area contributed by atoms with Crippen LogP contribution in [0.25, 0.3) is 10.2 Å². The predicted octanol–water partition coefficient (Wildman–Crippen LogP) is 4.02. The van der Waals surface area contributed by atoms with Gasteiger partial charge in [-0.05, 0) is 50.2 Å². The lowest BCUT2D eigenvalue weighted by Gasteiger charge is -2.09. The molecule has 0 aliphatic rings. The lowest BCUT2D eigenvalue weighted by molar-refractivity contribution is 0.0996. The molecule has 7 heteroatoms. The van der Waals surface area contributed by atoms with E-state index in [-0.39, 0.29) is 5.82 Å². The summed E-state index contributed by atoms with van der Waals surface area (Å²) in [7, 11) is 0. The Bertz CT molecular complexity index is 993. The van der Waals surface area contributed by atoms with Crippen molar-refractivity contribution in [3.05, 3.63) is 58.6 Å². The molecule has 0 fully saturated rings. The van der Waals surface area contributed by atoms with Crippen molar-refractivity contribution >= 4 is 27.5 Å². The van der Waals surface area contributed by atoms with E-state index in [9.17, 15) is 9.18 Å². The number of para-hydroxylation sites is 1. The SMILES string of the molecule is CCOCCn1c(=NC(=O)c2ccc(F)cc2)sc2cccc(OCC)c21. The number of hydrogen-bond donors (Lipinski definition) is 0. The number of halogens is 1. The third-order valence-electron chi connectivity index (χ3n) is 3.92. The fourth-order valence-corrected chi connectivity index (χ4v) is 3.78. The van der Waals surface area contributed by atoms with Crippen LogP contribution in [0.5, 0.6) is 5.75 Å². The van der Waals surface area contributed by atoms with Crippen LogP contribution in [-0.2, 0) is 11.3 Å². The van der Waals surface area contributed by atoms with Crippen LogP contribution >= 0.6 is 11.3 Å². The second kappa shape index (κ2) is 8.92. The van der Waals surface area contributed by atoms with Crippen LogP contribution in [0.3, 0.4) is 0 Å². The van der Waals surface area contributed by atoms with Gasteiger partial charge in [-0.3, -0.25) is 4.79 Å². The lowest BCUT2D eigenvalue weighted by Crippen LogP contribution is -2.20. The number of fused-ring (bicyclic) bond motifs is 1. The molecule has 3 rings (SSSR count). The van der Waals surface area contributed by atoms with Gasteiger partial charge in [0.2, 0.25) is 0 Å². The first-order chi connectivity index (χ1) is 13.1. The number of amides is 1. The van der Waals surface area contributed by atoms with Crippen LogP contribution in [0.1, 0.15) is 24.2 Å². The van der Waals surface area contributed by atoms with E-state index >= 15 is 0 Å². The number of rotatable bonds is 7. The number of aromatic nitrogens is 1. The first kappa shape index (κ1) is 19.3. The minimum Gasteiger partial charge on any atom is -0.492 e. The lowest BCUT2D eigenvalue weighted by atomic mass is 10.2. The molecule has 2 aromatic carbocycles. The summed E-state index contributed by atoms with van der Waals surface area (Å²) >= 11 is 1.41. The van der Waals surface area contributed by atoms with Gasteiger partial charge in [0.1, 0.15) is 17.1 Å². The summed E-state index contributed by atoms with van der Waals surface area (Å²) in [6.07, 6.45) is 0. The van der Waals surface area contributed by atoms with E-state index in [0.29, 0.717) is 36.7 Å². The molecule has 0 aliphatic carbocycles. The highest BCUT2D eigenvalue weighted by molar-refractivity contribution is 7.16. The molecule has 0 bridgehead atoms.